The molecule has 0 spiro atoms. The van der Waals surface area contributed by atoms with Crippen LogP contribution in [0.4, 0.5) is 0 Å². The third-order valence-corrected chi connectivity index (χ3v) is 1.60. The van der Waals surface area contributed by atoms with Crippen LogP contribution >= 0.6 is 0 Å². The fourth-order valence-electron chi connectivity index (χ4n) is 1.01. The van der Waals surface area contributed by atoms with E-state index < -0.39 is 0 Å². The molecule has 0 radical (unpaired) electrons. The molecule has 0 aliphatic heterocycles. The molecule has 11 heavy (non-hydrogen) atoms. The molecule has 62 valence electrons. The molecular formula is C8H15N3. The van der Waals surface area contributed by atoms with Gasteiger partial charge >= 0.3 is 0 Å². The summed E-state index contributed by atoms with van der Waals surface area (Å²) in [6, 6.07) is 0. The molecule has 0 aromatic carbocycles. The summed E-state index contributed by atoms with van der Waals surface area (Å²) in [5, 5.41) is 4.16. The van der Waals surface area contributed by atoms with Crippen molar-refractivity contribution >= 4 is 0 Å². The predicted molar refractivity (Wildman–Crippen MR) is 45.3 cm³/mol. The molecule has 0 unspecified atom stereocenters. The van der Waals surface area contributed by atoms with Crippen molar-refractivity contribution in [1.29, 1.82) is 0 Å². The van der Waals surface area contributed by atoms with Crippen molar-refractivity contribution in [2.45, 2.75) is 26.3 Å². The Labute approximate surface area is 67.2 Å². The van der Waals surface area contributed by atoms with Crippen LogP contribution in [0.15, 0.2) is 12.4 Å². The number of aromatic nitrogens is 2. The Kier molecular flexibility index (Phi) is 3.11. The molecule has 1 rings (SSSR count). The Hall–Kier alpha value is -0.830. The molecule has 1 heterocycles. The zero-order valence-electron chi connectivity index (χ0n) is 6.95. The van der Waals surface area contributed by atoms with E-state index in [-0.39, 0.29) is 0 Å². The standard InChI is InChI=1S/C8H15N3/c1-8-6-10-11(7-8)5-3-2-4-9/h6-7H,2-5,9H2,1H3. The van der Waals surface area contributed by atoms with Crippen LogP contribution < -0.4 is 5.73 Å². The Morgan fingerprint density at radius 2 is 2.36 bits per heavy atom. The second kappa shape index (κ2) is 4.13. The van der Waals surface area contributed by atoms with Gasteiger partial charge in [0, 0.05) is 12.7 Å². The summed E-state index contributed by atoms with van der Waals surface area (Å²) in [6.45, 7) is 3.82. The summed E-state index contributed by atoms with van der Waals surface area (Å²) in [5.41, 5.74) is 6.59. The Morgan fingerprint density at radius 3 is 2.91 bits per heavy atom. The second-order valence-corrected chi connectivity index (χ2v) is 2.78. The number of rotatable bonds is 4. The van der Waals surface area contributed by atoms with Crippen LogP contribution in [0.3, 0.4) is 0 Å². The van der Waals surface area contributed by atoms with Gasteiger partial charge in [-0.3, -0.25) is 4.68 Å². The zero-order valence-corrected chi connectivity index (χ0v) is 6.95. The molecule has 0 bridgehead atoms. The first-order valence-corrected chi connectivity index (χ1v) is 4.02. The van der Waals surface area contributed by atoms with Crippen LogP contribution in [0.5, 0.6) is 0 Å². The summed E-state index contributed by atoms with van der Waals surface area (Å²) in [5.74, 6) is 0. The van der Waals surface area contributed by atoms with Gasteiger partial charge in [-0.25, -0.2) is 0 Å². The van der Waals surface area contributed by atoms with Gasteiger partial charge in [0.15, 0.2) is 0 Å². The van der Waals surface area contributed by atoms with Gasteiger partial charge in [0.2, 0.25) is 0 Å². The van der Waals surface area contributed by atoms with Gasteiger partial charge in [0.05, 0.1) is 6.20 Å². The molecule has 0 fully saturated rings. The van der Waals surface area contributed by atoms with Crippen LogP contribution in [-0.2, 0) is 6.54 Å². The lowest BCUT2D eigenvalue weighted by Gasteiger charge is -1.98. The minimum Gasteiger partial charge on any atom is -0.330 e. The smallest absolute Gasteiger partial charge is 0.0518 e. The van der Waals surface area contributed by atoms with E-state index in [1.165, 1.54) is 5.56 Å². The first-order valence-electron chi connectivity index (χ1n) is 4.02. The van der Waals surface area contributed by atoms with Crippen molar-refractivity contribution < 1.29 is 0 Å². The predicted octanol–water partition coefficient (Wildman–Crippen LogP) is 0.930. The Bertz CT molecular complexity index is 205. The summed E-state index contributed by atoms with van der Waals surface area (Å²) < 4.78 is 1.96. The highest BCUT2D eigenvalue weighted by Crippen LogP contribution is 1.96. The molecule has 0 saturated carbocycles. The Balaban J connectivity index is 2.27. The van der Waals surface area contributed by atoms with E-state index in [0.717, 1.165) is 25.9 Å². The van der Waals surface area contributed by atoms with Crippen LogP contribution in [0.2, 0.25) is 0 Å². The van der Waals surface area contributed by atoms with Crippen molar-refractivity contribution in [3.8, 4) is 0 Å². The number of unbranched alkanes of at least 4 members (excludes halogenated alkanes) is 1. The van der Waals surface area contributed by atoms with E-state index in [0.29, 0.717) is 0 Å². The molecule has 0 saturated heterocycles. The maximum Gasteiger partial charge on any atom is 0.0518 e. The number of nitrogens with zero attached hydrogens (tertiary/aromatic N) is 2. The fourth-order valence-corrected chi connectivity index (χ4v) is 1.01. The van der Waals surface area contributed by atoms with Gasteiger partial charge in [-0.2, -0.15) is 5.10 Å². The number of hydrogen-bond donors (Lipinski definition) is 1. The molecule has 0 aliphatic carbocycles. The molecule has 3 nitrogen and oxygen atoms in total. The van der Waals surface area contributed by atoms with Crippen LogP contribution in [0.1, 0.15) is 18.4 Å². The third kappa shape index (κ3) is 2.72. The van der Waals surface area contributed by atoms with Crippen molar-refractivity contribution in [1.82, 2.24) is 9.78 Å². The van der Waals surface area contributed by atoms with E-state index in [9.17, 15) is 0 Å². The highest BCUT2D eigenvalue weighted by molar-refractivity contribution is 4.99. The molecule has 0 amide bonds. The number of aryl methyl sites for hydroxylation is 2. The van der Waals surface area contributed by atoms with Crippen LogP contribution in [0, 0.1) is 6.92 Å². The highest BCUT2D eigenvalue weighted by atomic mass is 15.3. The van der Waals surface area contributed by atoms with E-state index >= 15 is 0 Å². The average molecular weight is 153 g/mol. The van der Waals surface area contributed by atoms with Crippen molar-refractivity contribution in [3.05, 3.63) is 18.0 Å². The molecule has 1 aromatic heterocycles. The highest BCUT2D eigenvalue weighted by Gasteiger charge is 1.92. The Morgan fingerprint density at radius 1 is 1.55 bits per heavy atom. The zero-order chi connectivity index (χ0) is 8.10. The van der Waals surface area contributed by atoms with Gasteiger partial charge in [-0.15, -0.1) is 0 Å². The van der Waals surface area contributed by atoms with Crippen LogP contribution in [-0.4, -0.2) is 16.3 Å². The first-order chi connectivity index (χ1) is 5.33. The maximum atomic E-state index is 5.37. The molecule has 2 N–H and O–H groups in total. The molecular weight excluding hydrogens is 138 g/mol. The van der Waals surface area contributed by atoms with E-state index in [2.05, 4.69) is 11.3 Å². The van der Waals surface area contributed by atoms with E-state index in [4.69, 9.17) is 5.73 Å². The van der Waals surface area contributed by atoms with Gasteiger partial charge in [0.25, 0.3) is 0 Å². The molecule has 3 heteroatoms. The van der Waals surface area contributed by atoms with E-state index in [1.807, 2.05) is 17.8 Å². The number of nitrogens with two attached hydrogens (primary N) is 1. The topological polar surface area (TPSA) is 43.8 Å². The summed E-state index contributed by atoms with van der Waals surface area (Å²) in [6.07, 6.45) is 6.13. The lowest BCUT2D eigenvalue weighted by atomic mass is 10.3. The summed E-state index contributed by atoms with van der Waals surface area (Å²) in [4.78, 5) is 0. The van der Waals surface area contributed by atoms with Gasteiger partial charge in [0.1, 0.15) is 0 Å². The second-order valence-electron chi connectivity index (χ2n) is 2.78. The lowest BCUT2D eigenvalue weighted by Crippen LogP contribution is -2.03. The SMILES string of the molecule is Cc1cnn(CCCCN)c1. The average Bonchev–Trinajstić information content (AvgIpc) is 2.37. The summed E-state index contributed by atoms with van der Waals surface area (Å²) in [7, 11) is 0. The molecule has 0 aliphatic rings. The minimum atomic E-state index is 0.778. The van der Waals surface area contributed by atoms with E-state index in [1.54, 1.807) is 0 Å². The monoisotopic (exact) mass is 153 g/mol. The third-order valence-electron chi connectivity index (χ3n) is 1.60. The number of hydrogen-bond acceptors (Lipinski definition) is 2. The van der Waals surface area contributed by atoms with Crippen molar-refractivity contribution in [2.24, 2.45) is 5.73 Å². The summed E-state index contributed by atoms with van der Waals surface area (Å²) >= 11 is 0. The molecule has 0 atom stereocenters. The van der Waals surface area contributed by atoms with Gasteiger partial charge in [-0.05, 0) is 31.9 Å². The van der Waals surface area contributed by atoms with Crippen molar-refractivity contribution in [3.63, 3.8) is 0 Å². The molecule has 1 aromatic rings. The largest absolute Gasteiger partial charge is 0.330 e. The lowest BCUT2D eigenvalue weighted by molar-refractivity contribution is 0.561. The first kappa shape index (κ1) is 8.27. The van der Waals surface area contributed by atoms with Crippen LogP contribution in [0.25, 0.3) is 0 Å². The normalized spacial score (nSPS) is 10.4. The van der Waals surface area contributed by atoms with Gasteiger partial charge < -0.3 is 5.73 Å². The minimum absolute atomic E-state index is 0.778. The van der Waals surface area contributed by atoms with Gasteiger partial charge in [-0.1, -0.05) is 0 Å². The maximum absolute atomic E-state index is 5.37. The van der Waals surface area contributed by atoms with Crippen molar-refractivity contribution in [2.75, 3.05) is 6.54 Å². The quantitative estimate of drug-likeness (QED) is 0.654. The fraction of sp³-hybridized carbons (Fsp3) is 0.625.